The second kappa shape index (κ2) is 23.9. The van der Waals surface area contributed by atoms with Crippen molar-refractivity contribution >= 4 is 13.6 Å². The summed E-state index contributed by atoms with van der Waals surface area (Å²) in [5, 5.41) is 0. The van der Waals surface area contributed by atoms with Gasteiger partial charge in [0.25, 0.3) is 0 Å². The zero-order chi connectivity index (χ0) is 8.99. The molecule has 0 radical (unpaired) electrons. The van der Waals surface area contributed by atoms with Crippen LogP contribution in [-0.4, -0.2) is 13.6 Å². The van der Waals surface area contributed by atoms with Crippen LogP contribution in [0.4, 0.5) is 0 Å². The normalized spacial score (nSPS) is 6.80. The molecule has 0 fully saturated rings. The molecule has 2 nitrogen and oxygen atoms in total. The van der Waals surface area contributed by atoms with Gasteiger partial charge in [-0.25, -0.2) is 0 Å². The summed E-state index contributed by atoms with van der Waals surface area (Å²) < 4.78 is 0. The number of carbonyl (C=O) groups is 2. The van der Waals surface area contributed by atoms with E-state index in [4.69, 9.17) is 9.59 Å². The van der Waals surface area contributed by atoms with Crippen LogP contribution >= 0.6 is 0 Å². The Morgan fingerprint density at radius 2 is 1.40 bits per heavy atom. The first-order chi connectivity index (χ1) is 4.77. The SMILES string of the molecule is C=O.C=O.CCCC(C)C. The number of hydrogen-bond acceptors (Lipinski definition) is 2. The predicted octanol–water partition coefficient (Wildman–Crippen LogP) is 2.07. The Labute approximate surface area is 63.6 Å². The van der Waals surface area contributed by atoms with Gasteiger partial charge in [-0.1, -0.05) is 33.6 Å². The van der Waals surface area contributed by atoms with E-state index in [0.29, 0.717) is 0 Å². The average Bonchev–Trinajstić information content (AvgIpc) is 1.96. The van der Waals surface area contributed by atoms with E-state index in [1.54, 1.807) is 0 Å². The Morgan fingerprint density at radius 1 is 1.10 bits per heavy atom. The summed E-state index contributed by atoms with van der Waals surface area (Å²) in [7, 11) is 0. The van der Waals surface area contributed by atoms with Crippen molar-refractivity contribution in [2.75, 3.05) is 0 Å². The molecule has 0 rings (SSSR count). The first-order valence-electron chi connectivity index (χ1n) is 3.35. The molecule has 62 valence electrons. The van der Waals surface area contributed by atoms with Crippen LogP contribution in [-0.2, 0) is 9.59 Å². The molecule has 0 aliphatic carbocycles. The highest BCUT2D eigenvalue weighted by Crippen LogP contribution is 2.00. The number of carbonyl (C=O) groups excluding carboxylic acids is 2. The molecule has 2 heteroatoms. The standard InChI is InChI=1S/C6H14.2CH2O/c1-4-5-6(2)3;2*1-2/h6H,4-5H2,1-3H3;2*1H2. The minimum atomic E-state index is 0.898. The molecule has 0 amide bonds. The van der Waals surface area contributed by atoms with Gasteiger partial charge in [0.05, 0.1) is 0 Å². The maximum absolute atomic E-state index is 8.00. The highest BCUT2D eigenvalue weighted by Gasteiger charge is 1.85. The van der Waals surface area contributed by atoms with Crippen LogP contribution in [0.2, 0.25) is 0 Å². The van der Waals surface area contributed by atoms with Crippen molar-refractivity contribution in [2.24, 2.45) is 5.92 Å². The lowest BCUT2D eigenvalue weighted by atomic mass is 10.1. The molecule has 0 atom stereocenters. The minimum Gasteiger partial charge on any atom is -0.307 e. The molecule has 0 saturated heterocycles. The van der Waals surface area contributed by atoms with Crippen LogP contribution < -0.4 is 0 Å². The van der Waals surface area contributed by atoms with Gasteiger partial charge < -0.3 is 9.59 Å². The highest BCUT2D eigenvalue weighted by molar-refractivity contribution is 5.11. The lowest BCUT2D eigenvalue weighted by molar-refractivity contribution is -0.0987. The van der Waals surface area contributed by atoms with E-state index in [1.165, 1.54) is 12.8 Å². The van der Waals surface area contributed by atoms with Crippen LogP contribution in [0.3, 0.4) is 0 Å². The molecule has 10 heavy (non-hydrogen) atoms. The van der Waals surface area contributed by atoms with Gasteiger partial charge in [-0.2, -0.15) is 0 Å². The molecule has 0 N–H and O–H groups in total. The van der Waals surface area contributed by atoms with Gasteiger partial charge in [-0.15, -0.1) is 0 Å². The summed E-state index contributed by atoms with van der Waals surface area (Å²) >= 11 is 0. The van der Waals surface area contributed by atoms with Crippen molar-refractivity contribution in [3.63, 3.8) is 0 Å². The van der Waals surface area contributed by atoms with E-state index in [2.05, 4.69) is 20.8 Å². The summed E-state index contributed by atoms with van der Waals surface area (Å²) in [5.74, 6) is 0.898. The third-order valence-corrected chi connectivity index (χ3v) is 0.866. The molecule has 0 unspecified atom stereocenters. The smallest absolute Gasteiger partial charge is 0.106 e. The molecule has 0 aromatic rings. The maximum Gasteiger partial charge on any atom is 0.106 e. The van der Waals surface area contributed by atoms with Gasteiger partial charge >= 0.3 is 0 Å². The quantitative estimate of drug-likeness (QED) is 0.597. The fourth-order valence-corrected chi connectivity index (χ4v) is 0.577. The van der Waals surface area contributed by atoms with Gasteiger partial charge in [-0.05, 0) is 5.92 Å². The molecular formula is C8H18O2. The molecule has 0 spiro atoms. The second-order valence-corrected chi connectivity index (χ2v) is 2.18. The third-order valence-electron chi connectivity index (χ3n) is 0.866. The van der Waals surface area contributed by atoms with Gasteiger partial charge in [-0.3, -0.25) is 0 Å². The molecule has 0 bridgehead atoms. The van der Waals surface area contributed by atoms with Crippen LogP contribution in [0.25, 0.3) is 0 Å². The van der Waals surface area contributed by atoms with Crippen molar-refractivity contribution < 1.29 is 9.59 Å². The molecule has 0 aliphatic heterocycles. The summed E-state index contributed by atoms with van der Waals surface area (Å²) in [5.41, 5.74) is 0. The van der Waals surface area contributed by atoms with E-state index >= 15 is 0 Å². The summed E-state index contributed by atoms with van der Waals surface area (Å²) in [4.78, 5) is 16.0. The average molecular weight is 146 g/mol. The van der Waals surface area contributed by atoms with Crippen molar-refractivity contribution in [1.82, 2.24) is 0 Å². The van der Waals surface area contributed by atoms with Gasteiger partial charge in [0.1, 0.15) is 13.6 Å². The molecular weight excluding hydrogens is 128 g/mol. The van der Waals surface area contributed by atoms with Crippen molar-refractivity contribution in [2.45, 2.75) is 33.6 Å². The lowest BCUT2D eigenvalue weighted by Gasteiger charge is -1.95. The fourth-order valence-electron chi connectivity index (χ4n) is 0.577. The molecule has 0 heterocycles. The minimum absolute atomic E-state index is 0.898. The van der Waals surface area contributed by atoms with Crippen molar-refractivity contribution in [3.8, 4) is 0 Å². The Hall–Kier alpha value is -0.660. The monoisotopic (exact) mass is 146 g/mol. The zero-order valence-corrected chi connectivity index (χ0v) is 7.22. The fraction of sp³-hybridized carbons (Fsp3) is 0.750. The van der Waals surface area contributed by atoms with Gasteiger partial charge in [0.2, 0.25) is 0 Å². The highest BCUT2D eigenvalue weighted by atomic mass is 16.1. The second-order valence-electron chi connectivity index (χ2n) is 2.18. The molecule has 0 aliphatic rings. The van der Waals surface area contributed by atoms with E-state index in [-0.39, 0.29) is 0 Å². The number of hydrogen-bond donors (Lipinski definition) is 0. The van der Waals surface area contributed by atoms with Crippen molar-refractivity contribution in [3.05, 3.63) is 0 Å². The van der Waals surface area contributed by atoms with Crippen LogP contribution in [0.5, 0.6) is 0 Å². The Kier molecular flexibility index (Phi) is 38.6. The Morgan fingerprint density at radius 3 is 1.40 bits per heavy atom. The van der Waals surface area contributed by atoms with Crippen LogP contribution in [0.15, 0.2) is 0 Å². The summed E-state index contributed by atoms with van der Waals surface area (Å²) in [6.07, 6.45) is 2.71. The van der Waals surface area contributed by atoms with E-state index < -0.39 is 0 Å². The number of rotatable bonds is 2. The topological polar surface area (TPSA) is 34.1 Å². The van der Waals surface area contributed by atoms with E-state index in [1.807, 2.05) is 13.6 Å². The first-order valence-corrected chi connectivity index (χ1v) is 3.35. The van der Waals surface area contributed by atoms with E-state index in [9.17, 15) is 0 Å². The van der Waals surface area contributed by atoms with Crippen molar-refractivity contribution in [1.29, 1.82) is 0 Å². The Bertz CT molecular complexity index is 42.5. The van der Waals surface area contributed by atoms with E-state index in [0.717, 1.165) is 5.92 Å². The van der Waals surface area contributed by atoms with Crippen LogP contribution in [0.1, 0.15) is 33.6 Å². The van der Waals surface area contributed by atoms with Crippen LogP contribution in [0, 0.1) is 5.92 Å². The predicted molar refractivity (Wildman–Crippen MR) is 44.0 cm³/mol. The summed E-state index contributed by atoms with van der Waals surface area (Å²) in [6.45, 7) is 10.7. The van der Waals surface area contributed by atoms with Gasteiger partial charge in [0, 0.05) is 0 Å². The first kappa shape index (κ1) is 16.2. The Balaban J connectivity index is -0.000000105. The zero-order valence-electron chi connectivity index (χ0n) is 7.22. The largest absolute Gasteiger partial charge is 0.307 e. The molecule has 0 aromatic heterocycles. The third kappa shape index (κ3) is 53.9. The van der Waals surface area contributed by atoms with Gasteiger partial charge in [0.15, 0.2) is 0 Å². The summed E-state index contributed by atoms with van der Waals surface area (Å²) in [6, 6.07) is 0. The lowest BCUT2D eigenvalue weighted by Crippen LogP contribution is -1.81. The molecule has 0 aromatic carbocycles. The molecule has 0 saturated carbocycles. The maximum atomic E-state index is 8.00.